The lowest BCUT2D eigenvalue weighted by atomic mass is 10.0. The Bertz CT molecular complexity index is 161. The summed E-state index contributed by atoms with van der Waals surface area (Å²) < 4.78 is 0. The van der Waals surface area contributed by atoms with Crippen LogP contribution in [0.5, 0.6) is 0 Å². The molecule has 0 radical (unpaired) electrons. The van der Waals surface area contributed by atoms with Crippen molar-refractivity contribution in [3.8, 4) is 0 Å². The van der Waals surface area contributed by atoms with E-state index in [1.807, 2.05) is 0 Å². The van der Waals surface area contributed by atoms with Gasteiger partial charge in [-0.25, -0.2) is 0 Å². The van der Waals surface area contributed by atoms with Crippen LogP contribution in [0.25, 0.3) is 0 Å². The average molecular weight is 122 g/mol. The molecule has 0 heterocycles. The average Bonchev–Trinajstić information content (AvgIpc) is 2.39. The Balaban J connectivity index is 2.02. The molecule has 1 spiro atoms. The molecule has 3 aliphatic rings. The summed E-state index contributed by atoms with van der Waals surface area (Å²) in [6.07, 6.45) is 6.37. The Kier molecular flexibility index (Phi) is 0.574. The monoisotopic (exact) mass is 122 g/mol. The molecule has 3 aliphatic carbocycles. The Morgan fingerprint density at radius 2 is 2.33 bits per heavy atom. The molecule has 0 N–H and O–H groups in total. The van der Waals surface area contributed by atoms with Gasteiger partial charge < -0.3 is 0 Å². The summed E-state index contributed by atoms with van der Waals surface area (Å²) in [5.74, 6) is 3.48. The van der Waals surface area contributed by atoms with Crippen LogP contribution in [0.4, 0.5) is 0 Å². The van der Waals surface area contributed by atoms with Crippen LogP contribution in [0.15, 0.2) is 0 Å². The summed E-state index contributed by atoms with van der Waals surface area (Å²) in [6, 6.07) is 0. The molecule has 0 aromatic heterocycles. The van der Waals surface area contributed by atoms with Crippen molar-refractivity contribution in [2.75, 3.05) is 0 Å². The van der Waals surface area contributed by atoms with Crippen molar-refractivity contribution >= 4 is 0 Å². The molecule has 0 amide bonds. The van der Waals surface area contributed by atoms with Gasteiger partial charge in [-0.15, -0.1) is 0 Å². The normalized spacial score (nSPS) is 68.3. The third kappa shape index (κ3) is 0.342. The van der Waals surface area contributed by atoms with Crippen molar-refractivity contribution in [1.82, 2.24) is 0 Å². The first-order chi connectivity index (χ1) is 4.33. The Morgan fingerprint density at radius 3 is 2.78 bits per heavy atom. The second kappa shape index (κ2) is 1.09. The number of hydrogen-bond donors (Lipinski definition) is 0. The van der Waals surface area contributed by atoms with Gasteiger partial charge >= 0.3 is 0 Å². The SMILES string of the molecule is CC1C2CC3CCC12C3. The van der Waals surface area contributed by atoms with Crippen molar-refractivity contribution < 1.29 is 0 Å². The quantitative estimate of drug-likeness (QED) is 0.463. The van der Waals surface area contributed by atoms with Gasteiger partial charge in [0.05, 0.1) is 0 Å². The number of fused-ring (bicyclic) bond motifs is 1. The van der Waals surface area contributed by atoms with Crippen LogP contribution in [0.3, 0.4) is 0 Å². The zero-order valence-electron chi connectivity index (χ0n) is 6.06. The van der Waals surface area contributed by atoms with Crippen molar-refractivity contribution in [3.05, 3.63) is 0 Å². The van der Waals surface area contributed by atoms with Crippen molar-refractivity contribution in [3.63, 3.8) is 0 Å². The summed E-state index contributed by atoms with van der Waals surface area (Å²) in [6.45, 7) is 2.46. The van der Waals surface area contributed by atoms with Crippen LogP contribution >= 0.6 is 0 Å². The zero-order valence-corrected chi connectivity index (χ0v) is 6.06. The largest absolute Gasteiger partial charge is 0.0617 e. The van der Waals surface area contributed by atoms with Gasteiger partial charge in [0.2, 0.25) is 0 Å². The Morgan fingerprint density at radius 1 is 1.44 bits per heavy atom. The number of rotatable bonds is 0. The van der Waals surface area contributed by atoms with Crippen LogP contribution < -0.4 is 0 Å². The fraction of sp³-hybridized carbons (Fsp3) is 1.00. The zero-order chi connectivity index (χ0) is 6.06. The fourth-order valence-electron chi connectivity index (χ4n) is 3.77. The molecule has 0 aromatic rings. The van der Waals surface area contributed by atoms with Crippen LogP contribution in [-0.4, -0.2) is 0 Å². The van der Waals surface area contributed by atoms with Crippen LogP contribution in [0.2, 0.25) is 0 Å². The predicted octanol–water partition coefficient (Wildman–Crippen LogP) is 2.44. The van der Waals surface area contributed by atoms with E-state index in [1.165, 1.54) is 11.8 Å². The molecule has 0 nitrogen and oxygen atoms in total. The van der Waals surface area contributed by atoms with Gasteiger partial charge in [0.25, 0.3) is 0 Å². The molecule has 3 rings (SSSR count). The maximum Gasteiger partial charge on any atom is -0.0235 e. The second-order valence-electron chi connectivity index (χ2n) is 4.47. The lowest BCUT2D eigenvalue weighted by Crippen LogP contribution is -1.93. The summed E-state index contributed by atoms with van der Waals surface area (Å²) in [5.41, 5.74) is 0.935. The van der Waals surface area contributed by atoms with Gasteiger partial charge in [-0.3, -0.25) is 0 Å². The molecular weight excluding hydrogens is 108 g/mol. The van der Waals surface area contributed by atoms with Gasteiger partial charge in [0.1, 0.15) is 0 Å². The van der Waals surface area contributed by atoms with E-state index >= 15 is 0 Å². The van der Waals surface area contributed by atoms with E-state index in [4.69, 9.17) is 0 Å². The molecule has 0 aromatic carbocycles. The van der Waals surface area contributed by atoms with Gasteiger partial charge in [0, 0.05) is 0 Å². The van der Waals surface area contributed by atoms with Crippen molar-refractivity contribution in [2.45, 2.75) is 32.6 Å². The van der Waals surface area contributed by atoms with E-state index in [0.717, 1.165) is 11.3 Å². The molecule has 50 valence electrons. The van der Waals surface area contributed by atoms with Gasteiger partial charge in [-0.2, -0.15) is 0 Å². The molecule has 3 fully saturated rings. The summed E-state index contributed by atoms with van der Waals surface area (Å²) in [7, 11) is 0. The van der Waals surface area contributed by atoms with Crippen molar-refractivity contribution in [1.29, 1.82) is 0 Å². The maximum absolute atomic E-state index is 2.46. The van der Waals surface area contributed by atoms with Crippen LogP contribution in [0, 0.1) is 23.2 Å². The lowest BCUT2D eigenvalue weighted by Gasteiger charge is -2.04. The molecule has 3 saturated carbocycles. The molecule has 2 bridgehead atoms. The second-order valence-corrected chi connectivity index (χ2v) is 4.47. The third-order valence-corrected chi connectivity index (χ3v) is 4.41. The van der Waals surface area contributed by atoms with Crippen LogP contribution in [0.1, 0.15) is 32.6 Å². The van der Waals surface area contributed by atoms with Gasteiger partial charge in [-0.1, -0.05) is 6.92 Å². The predicted molar refractivity (Wildman–Crippen MR) is 37.0 cm³/mol. The highest BCUT2D eigenvalue weighted by atomic mass is 14.7. The Labute approximate surface area is 56.6 Å². The minimum atomic E-state index is 0.935. The fourth-order valence-corrected chi connectivity index (χ4v) is 3.77. The van der Waals surface area contributed by atoms with E-state index in [0.29, 0.717) is 0 Å². The molecule has 9 heavy (non-hydrogen) atoms. The molecule has 4 unspecified atom stereocenters. The minimum absolute atomic E-state index is 0.935. The van der Waals surface area contributed by atoms with E-state index in [9.17, 15) is 0 Å². The molecule has 0 heteroatoms. The molecule has 4 atom stereocenters. The highest BCUT2D eigenvalue weighted by Crippen LogP contribution is 2.76. The van der Waals surface area contributed by atoms with Crippen molar-refractivity contribution in [2.24, 2.45) is 23.2 Å². The van der Waals surface area contributed by atoms with E-state index < -0.39 is 0 Å². The standard InChI is InChI=1S/C9H14/c1-6-8-4-7-2-3-9(6,8)5-7/h6-8H,2-5H2,1H3. The lowest BCUT2D eigenvalue weighted by molar-refractivity contribution is 0.468. The van der Waals surface area contributed by atoms with Crippen LogP contribution in [-0.2, 0) is 0 Å². The third-order valence-electron chi connectivity index (χ3n) is 4.41. The first kappa shape index (κ1) is 4.76. The summed E-state index contributed by atoms with van der Waals surface area (Å²) in [5, 5.41) is 0. The molecule has 0 aliphatic heterocycles. The van der Waals surface area contributed by atoms with Gasteiger partial charge in [-0.05, 0) is 48.9 Å². The van der Waals surface area contributed by atoms with Gasteiger partial charge in [0.15, 0.2) is 0 Å². The first-order valence-corrected chi connectivity index (χ1v) is 4.33. The van der Waals surface area contributed by atoms with E-state index in [1.54, 1.807) is 25.7 Å². The Hall–Kier alpha value is 0. The minimum Gasteiger partial charge on any atom is -0.0617 e. The summed E-state index contributed by atoms with van der Waals surface area (Å²) >= 11 is 0. The van der Waals surface area contributed by atoms with E-state index in [2.05, 4.69) is 6.92 Å². The topological polar surface area (TPSA) is 0 Å². The molecule has 0 saturated heterocycles. The maximum atomic E-state index is 2.46. The van der Waals surface area contributed by atoms with E-state index in [-0.39, 0.29) is 0 Å². The molecular formula is C9H14. The first-order valence-electron chi connectivity index (χ1n) is 4.33. The highest BCUT2D eigenvalue weighted by Gasteiger charge is 2.68. The smallest absolute Gasteiger partial charge is 0.0235 e. The summed E-state index contributed by atoms with van der Waals surface area (Å²) in [4.78, 5) is 0. The number of hydrogen-bond acceptors (Lipinski definition) is 0. The highest BCUT2D eigenvalue weighted by molar-refractivity contribution is 5.17.